The van der Waals surface area contributed by atoms with Crippen molar-refractivity contribution in [2.24, 2.45) is 0 Å². The van der Waals surface area contributed by atoms with Crippen LogP contribution in [0.15, 0.2) is 122 Å². The highest BCUT2D eigenvalue weighted by atomic mass is 31.2. The Morgan fingerprint density at radius 3 is 1.13 bits per heavy atom. The van der Waals surface area contributed by atoms with Crippen LogP contribution in [-0.2, 0) is 18.4 Å². The first kappa shape index (κ1) is 75.9. The first-order valence-corrected chi connectivity index (χ1v) is 33.9. The number of allylic oxidation sites excluding steroid dienone is 19. The lowest BCUT2D eigenvalue weighted by atomic mass is 10.0. The molecule has 0 aromatic carbocycles. The van der Waals surface area contributed by atoms with Gasteiger partial charge in [-0.1, -0.05) is 289 Å². The van der Waals surface area contributed by atoms with Crippen LogP contribution in [0.3, 0.4) is 0 Å². The SMILES string of the molecule is CC/C=C\C/C=C\C/C=C\C/C=C\C/C=C\C/C=C\C/C=C\C/C=C\C/C=C\CCCCCCCCCCCCCCCC(=O)NC(COP(=O)([O-])OCC[N+](C)(C)C)C(O)/C=C/CCCCCCCCCCCCCCCC. The molecule has 1 amide bonds. The Morgan fingerprint density at radius 2 is 0.772 bits per heavy atom. The van der Waals surface area contributed by atoms with E-state index in [1.54, 1.807) is 6.08 Å². The number of aliphatic hydroxyl groups excluding tert-OH is 1. The third-order valence-electron chi connectivity index (χ3n) is 13.9. The molecule has 0 saturated carbocycles. The van der Waals surface area contributed by atoms with Crippen molar-refractivity contribution >= 4 is 13.7 Å². The maximum Gasteiger partial charge on any atom is 0.268 e. The Hall–Kier alpha value is -3.10. The number of unbranched alkanes of at least 4 members (excludes halogenated alkanes) is 27. The second-order valence-electron chi connectivity index (χ2n) is 22.7. The maximum absolute atomic E-state index is 13.0. The molecule has 0 aromatic rings. The van der Waals surface area contributed by atoms with Gasteiger partial charge in [0.25, 0.3) is 7.82 Å². The fourth-order valence-electron chi connectivity index (χ4n) is 8.91. The minimum atomic E-state index is -4.60. The summed E-state index contributed by atoms with van der Waals surface area (Å²) in [6.07, 6.45) is 88.6. The standard InChI is InChI=1S/C70H123N2O6P/c1-6-8-10-12-14-16-18-20-22-24-25-26-27-28-29-30-31-32-33-34-35-36-37-38-39-40-41-42-43-44-45-46-47-48-50-52-54-56-58-60-62-64-70(74)71-68(67-78-79(75,76)77-66-65-72(3,4)5)69(73)63-61-59-57-55-53-51-49-23-21-19-17-15-13-11-9-7-2/h8,10,14,16,20,22,25-26,28-29,31-32,34-35,37-38,40-41,61,63,68-69,73H,6-7,9,11-13,15,17-19,21,23-24,27,30,33,36,39,42-60,62,64-67H2,1-5H3,(H-,71,74,75,76)/b10-8-,16-14-,22-20-,26-25-,29-28-,32-31-,35-34-,38-37-,41-40-,63-61+. The number of carbonyl (C=O) groups is 1. The molecule has 0 rings (SSSR count). The van der Waals surface area contributed by atoms with E-state index in [9.17, 15) is 19.4 Å². The second kappa shape index (κ2) is 59.5. The van der Waals surface area contributed by atoms with Crippen molar-refractivity contribution in [3.63, 3.8) is 0 Å². The van der Waals surface area contributed by atoms with Crippen molar-refractivity contribution < 1.29 is 32.9 Å². The maximum atomic E-state index is 13.0. The lowest BCUT2D eigenvalue weighted by molar-refractivity contribution is -0.870. The molecule has 0 heterocycles. The number of phosphoric acid groups is 1. The van der Waals surface area contributed by atoms with E-state index in [1.165, 1.54) is 148 Å². The summed E-state index contributed by atoms with van der Waals surface area (Å²) in [7, 11) is 1.25. The zero-order valence-electron chi connectivity index (χ0n) is 51.8. The van der Waals surface area contributed by atoms with E-state index in [4.69, 9.17) is 9.05 Å². The van der Waals surface area contributed by atoms with Gasteiger partial charge in [-0.25, -0.2) is 0 Å². The van der Waals surface area contributed by atoms with Crippen LogP contribution in [0.5, 0.6) is 0 Å². The molecule has 9 heteroatoms. The zero-order valence-corrected chi connectivity index (χ0v) is 52.7. The van der Waals surface area contributed by atoms with Crippen molar-refractivity contribution in [1.29, 1.82) is 0 Å². The number of nitrogens with zero attached hydrogens (tertiary/aromatic N) is 1. The molecular formula is C70H123N2O6P. The van der Waals surface area contributed by atoms with Gasteiger partial charge >= 0.3 is 0 Å². The van der Waals surface area contributed by atoms with E-state index in [0.29, 0.717) is 17.4 Å². The number of phosphoric ester groups is 1. The fraction of sp³-hybridized carbons (Fsp3) is 0.700. The number of hydrogen-bond donors (Lipinski definition) is 2. The number of aliphatic hydroxyl groups is 1. The monoisotopic (exact) mass is 1120 g/mol. The molecule has 0 aliphatic rings. The molecule has 8 nitrogen and oxygen atoms in total. The Balaban J connectivity index is 4.05. The third kappa shape index (κ3) is 62.4. The van der Waals surface area contributed by atoms with Crippen molar-refractivity contribution in [3.8, 4) is 0 Å². The quantitative estimate of drug-likeness (QED) is 0.0272. The van der Waals surface area contributed by atoms with Crippen LogP contribution in [0.1, 0.15) is 264 Å². The molecule has 0 spiro atoms. The van der Waals surface area contributed by atoms with E-state index in [0.717, 1.165) is 96.3 Å². The van der Waals surface area contributed by atoms with E-state index in [-0.39, 0.29) is 19.1 Å². The number of rotatable bonds is 58. The van der Waals surface area contributed by atoms with Crippen LogP contribution in [0, 0.1) is 0 Å². The lowest BCUT2D eigenvalue weighted by Gasteiger charge is -2.29. The van der Waals surface area contributed by atoms with Crippen molar-refractivity contribution in [2.45, 2.75) is 276 Å². The summed E-state index contributed by atoms with van der Waals surface area (Å²) in [5, 5.41) is 13.9. The molecule has 454 valence electrons. The van der Waals surface area contributed by atoms with Gasteiger partial charge < -0.3 is 28.8 Å². The van der Waals surface area contributed by atoms with Gasteiger partial charge in [-0.3, -0.25) is 9.36 Å². The number of nitrogens with one attached hydrogen (secondary N) is 1. The van der Waals surface area contributed by atoms with Gasteiger partial charge in [-0.15, -0.1) is 0 Å². The largest absolute Gasteiger partial charge is 0.756 e. The Bertz CT molecular complexity index is 1700. The predicted octanol–water partition coefficient (Wildman–Crippen LogP) is 19.9. The molecule has 0 aliphatic heterocycles. The number of amides is 1. The highest BCUT2D eigenvalue weighted by Gasteiger charge is 2.23. The van der Waals surface area contributed by atoms with Gasteiger partial charge in [0, 0.05) is 6.42 Å². The number of hydrogen-bond acceptors (Lipinski definition) is 6. The molecule has 3 unspecified atom stereocenters. The van der Waals surface area contributed by atoms with Crippen LogP contribution >= 0.6 is 7.82 Å². The number of quaternary nitrogens is 1. The summed E-state index contributed by atoms with van der Waals surface area (Å²) in [6.45, 7) is 4.54. The van der Waals surface area contributed by atoms with Crippen LogP contribution in [0.2, 0.25) is 0 Å². The summed E-state index contributed by atoms with van der Waals surface area (Å²) in [5.41, 5.74) is 0. The molecule has 0 fully saturated rings. The number of likely N-dealkylation sites (N-methyl/N-ethyl adjacent to an activating group) is 1. The molecule has 2 N–H and O–H groups in total. The summed E-state index contributed by atoms with van der Waals surface area (Å²) in [5.74, 6) is -0.201. The average molecular weight is 1120 g/mol. The predicted molar refractivity (Wildman–Crippen MR) is 343 cm³/mol. The van der Waals surface area contributed by atoms with Crippen molar-refractivity contribution in [1.82, 2.24) is 5.32 Å². The molecule has 0 saturated heterocycles. The second-order valence-corrected chi connectivity index (χ2v) is 24.1. The fourth-order valence-corrected chi connectivity index (χ4v) is 9.63. The average Bonchev–Trinajstić information content (AvgIpc) is 3.42. The van der Waals surface area contributed by atoms with E-state index in [1.807, 2.05) is 27.2 Å². The van der Waals surface area contributed by atoms with E-state index < -0.39 is 20.0 Å². The van der Waals surface area contributed by atoms with Crippen molar-refractivity contribution in [3.05, 3.63) is 122 Å². The van der Waals surface area contributed by atoms with E-state index >= 15 is 0 Å². The van der Waals surface area contributed by atoms with Crippen LogP contribution in [0.25, 0.3) is 0 Å². The van der Waals surface area contributed by atoms with Crippen molar-refractivity contribution in [2.75, 3.05) is 40.9 Å². The van der Waals surface area contributed by atoms with E-state index in [2.05, 4.69) is 129 Å². The summed E-state index contributed by atoms with van der Waals surface area (Å²) in [6, 6.07) is -0.894. The summed E-state index contributed by atoms with van der Waals surface area (Å²) in [4.78, 5) is 25.5. The van der Waals surface area contributed by atoms with Gasteiger partial charge in [0.15, 0.2) is 0 Å². The summed E-state index contributed by atoms with van der Waals surface area (Å²) >= 11 is 0. The molecular weight excluding hydrogens is 996 g/mol. The van der Waals surface area contributed by atoms with Gasteiger partial charge in [0.05, 0.1) is 39.9 Å². The van der Waals surface area contributed by atoms with Gasteiger partial charge in [0.1, 0.15) is 13.2 Å². The minimum Gasteiger partial charge on any atom is -0.756 e. The highest BCUT2D eigenvalue weighted by molar-refractivity contribution is 7.45. The third-order valence-corrected chi connectivity index (χ3v) is 14.9. The highest BCUT2D eigenvalue weighted by Crippen LogP contribution is 2.38. The topological polar surface area (TPSA) is 108 Å². The molecule has 0 radical (unpaired) electrons. The number of carbonyl (C=O) groups excluding carboxylic acids is 1. The molecule has 0 aromatic heterocycles. The smallest absolute Gasteiger partial charge is 0.268 e. The van der Waals surface area contributed by atoms with Gasteiger partial charge in [-0.2, -0.15) is 0 Å². The molecule has 79 heavy (non-hydrogen) atoms. The molecule has 3 atom stereocenters. The summed E-state index contributed by atoms with van der Waals surface area (Å²) < 4.78 is 23.4. The first-order valence-electron chi connectivity index (χ1n) is 32.4. The Kier molecular flexibility index (Phi) is 57.2. The lowest BCUT2D eigenvalue weighted by Crippen LogP contribution is -2.45. The molecule has 0 bridgehead atoms. The minimum absolute atomic E-state index is 0.00508. The Labute approximate surface area is 488 Å². The van der Waals surface area contributed by atoms with Gasteiger partial charge in [-0.05, 0) is 89.9 Å². The molecule has 0 aliphatic carbocycles. The van der Waals surface area contributed by atoms with Crippen LogP contribution < -0.4 is 10.2 Å². The van der Waals surface area contributed by atoms with Gasteiger partial charge in [0.2, 0.25) is 5.91 Å². The Morgan fingerprint density at radius 1 is 0.456 bits per heavy atom. The first-order chi connectivity index (χ1) is 38.5. The zero-order chi connectivity index (χ0) is 57.7. The van der Waals surface area contributed by atoms with Crippen LogP contribution in [-0.4, -0.2) is 68.5 Å². The normalized spacial score (nSPS) is 14.6. The van der Waals surface area contributed by atoms with Crippen LogP contribution in [0.4, 0.5) is 0 Å².